The molecule has 0 bridgehead atoms. The van der Waals surface area contributed by atoms with Crippen LogP contribution >= 0.6 is 0 Å². The maximum Gasteiger partial charge on any atom is 0.460 e. The standard InChI is InChI=1S/C8H2F14O4/c9-1-3(10,11)5(14,15)8(21,22)25-26-24-2(23)4(12,13)6(16,17)7(18,19)20/h1H2. The average Bonchev–Trinajstić information content (AvgIpc) is 2.44. The van der Waals surface area contributed by atoms with Crippen molar-refractivity contribution in [3.8, 4) is 0 Å². The van der Waals surface area contributed by atoms with Gasteiger partial charge >= 0.3 is 41.9 Å². The van der Waals surface area contributed by atoms with E-state index >= 15 is 0 Å². The van der Waals surface area contributed by atoms with E-state index in [9.17, 15) is 66.3 Å². The Morgan fingerprint density at radius 2 is 1.15 bits per heavy atom. The van der Waals surface area contributed by atoms with Gasteiger partial charge in [-0.3, -0.25) is 4.89 Å². The molecule has 0 aliphatic carbocycles. The van der Waals surface area contributed by atoms with Crippen molar-refractivity contribution >= 4 is 5.97 Å². The Balaban J connectivity index is 5.16. The fraction of sp³-hybridized carbons (Fsp3) is 0.875. The molecule has 0 heterocycles. The second-order valence-corrected chi connectivity index (χ2v) is 4.10. The molecule has 0 aromatic carbocycles. The minimum Gasteiger partial charge on any atom is -0.261 e. The van der Waals surface area contributed by atoms with Gasteiger partial charge in [-0.15, -0.1) is 4.89 Å². The Bertz CT molecular complexity index is 512. The monoisotopic (exact) mass is 428 g/mol. The van der Waals surface area contributed by atoms with E-state index in [0.29, 0.717) is 0 Å². The second kappa shape index (κ2) is 6.86. The van der Waals surface area contributed by atoms with E-state index in [1.54, 1.807) is 0 Å². The van der Waals surface area contributed by atoms with Crippen molar-refractivity contribution < 1.29 is 81.1 Å². The van der Waals surface area contributed by atoms with E-state index in [4.69, 9.17) is 0 Å². The van der Waals surface area contributed by atoms with E-state index in [-0.39, 0.29) is 0 Å². The predicted molar refractivity (Wildman–Crippen MR) is 45.0 cm³/mol. The molecule has 0 aromatic heterocycles. The van der Waals surface area contributed by atoms with Crippen molar-refractivity contribution in [3.05, 3.63) is 0 Å². The predicted octanol–water partition coefficient (Wildman–Crippen LogP) is 4.06. The summed E-state index contributed by atoms with van der Waals surface area (Å²) < 4.78 is 171. The van der Waals surface area contributed by atoms with E-state index in [0.717, 1.165) is 0 Å². The third-order valence-electron chi connectivity index (χ3n) is 2.25. The highest BCUT2D eigenvalue weighted by molar-refractivity contribution is 5.78. The zero-order valence-electron chi connectivity index (χ0n) is 11.1. The molecule has 156 valence electrons. The van der Waals surface area contributed by atoms with Crippen molar-refractivity contribution in [2.45, 2.75) is 36.0 Å². The van der Waals surface area contributed by atoms with Crippen LogP contribution in [0.1, 0.15) is 0 Å². The topological polar surface area (TPSA) is 44.8 Å². The van der Waals surface area contributed by atoms with Crippen molar-refractivity contribution in [2.24, 2.45) is 0 Å². The first-order valence-electron chi connectivity index (χ1n) is 5.27. The Hall–Kier alpha value is -1.59. The lowest BCUT2D eigenvalue weighted by Gasteiger charge is -2.29. The highest BCUT2D eigenvalue weighted by Gasteiger charge is 2.78. The zero-order chi connectivity index (χ0) is 21.4. The molecule has 4 nitrogen and oxygen atoms in total. The number of carbonyl (C=O) groups is 1. The van der Waals surface area contributed by atoms with Crippen LogP contribution in [-0.2, 0) is 19.6 Å². The van der Waals surface area contributed by atoms with Gasteiger partial charge in [0.25, 0.3) is 0 Å². The molecule has 0 N–H and O–H groups in total. The molecule has 0 amide bonds. The van der Waals surface area contributed by atoms with Crippen LogP contribution in [0.4, 0.5) is 61.5 Å². The van der Waals surface area contributed by atoms with Gasteiger partial charge in [0.05, 0.1) is 0 Å². The van der Waals surface area contributed by atoms with Crippen molar-refractivity contribution in [2.75, 3.05) is 6.67 Å². The molecule has 0 radical (unpaired) electrons. The summed E-state index contributed by atoms with van der Waals surface area (Å²) in [6.07, 6.45) is -13.7. The van der Waals surface area contributed by atoms with E-state index in [1.165, 1.54) is 0 Å². The first-order chi connectivity index (χ1) is 11.2. The van der Waals surface area contributed by atoms with Crippen molar-refractivity contribution in [3.63, 3.8) is 0 Å². The van der Waals surface area contributed by atoms with E-state index in [1.807, 2.05) is 4.89 Å². The summed E-state index contributed by atoms with van der Waals surface area (Å²) in [4.78, 5) is 14.6. The fourth-order valence-electron chi connectivity index (χ4n) is 0.798. The lowest BCUT2D eigenvalue weighted by Crippen LogP contribution is -2.57. The van der Waals surface area contributed by atoms with Crippen molar-refractivity contribution in [1.82, 2.24) is 0 Å². The molecule has 0 atom stereocenters. The highest BCUT2D eigenvalue weighted by Crippen LogP contribution is 2.48. The van der Waals surface area contributed by atoms with Crippen LogP contribution in [-0.4, -0.2) is 48.6 Å². The molecule has 0 spiro atoms. The first kappa shape index (κ1) is 24.4. The third-order valence-corrected chi connectivity index (χ3v) is 2.25. The normalized spacial score (nSPS) is 15.2. The third kappa shape index (κ3) is 4.04. The van der Waals surface area contributed by atoms with Crippen LogP contribution in [0.3, 0.4) is 0 Å². The first-order valence-corrected chi connectivity index (χ1v) is 5.27. The smallest absolute Gasteiger partial charge is 0.261 e. The Kier molecular flexibility index (Phi) is 6.44. The molecule has 0 saturated heterocycles. The molecule has 0 aliphatic rings. The number of alkyl halides is 14. The summed E-state index contributed by atoms with van der Waals surface area (Å²) in [5, 5.41) is 2.16. The Morgan fingerprint density at radius 1 is 0.731 bits per heavy atom. The SMILES string of the molecule is O=C(OOOC(F)(F)C(F)(F)C(F)(F)CF)C(F)(F)C(F)(F)C(F)(F)F. The van der Waals surface area contributed by atoms with Gasteiger partial charge in [-0.2, -0.15) is 57.1 Å². The maximum atomic E-state index is 12.6. The summed E-state index contributed by atoms with van der Waals surface area (Å²) in [6, 6.07) is 0. The van der Waals surface area contributed by atoms with Crippen LogP contribution in [0.2, 0.25) is 0 Å². The number of hydrogen-bond donors (Lipinski definition) is 0. The fourth-order valence-corrected chi connectivity index (χ4v) is 0.798. The highest BCUT2D eigenvalue weighted by atomic mass is 19.4. The van der Waals surface area contributed by atoms with Crippen LogP contribution in [0, 0.1) is 0 Å². The number of halogens is 14. The van der Waals surface area contributed by atoms with Crippen molar-refractivity contribution in [1.29, 1.82) is 0 Å². The largest absolute Gasteiger partial charge is 0.460 e. The molecule has 0 fully saturated rings. The van der Waals surface area contributed by atoms with Gasteiger partial charge in [-0.25, -0.2) is 9.18 Å². The Labute approximate surface area is 131 Å². The lowest BCUT2D eigenvalue weighted by atomic mass is 10.1. The quantitative estimate of drug-likeness (QED) is 0.333. The minimum atomic E-state index is -7.14. The lowest BCUT2D eigenvalue weighted by molar-refractivity contribution is -0.592. The molecule has 0 rings (SSSR count). The molecule has 0 aromatic rings. The summed E-state index contributed by atoms with van der Waals surface area (Å²) in [7, 11) is 0. The number of rotatable bonds is 8. The van der Waals surface area contributed by atoms with Gasteiger partial charge < -0.3 is 0 Å². The zero-order valence-corrected chi connectivity index (χ0v) is 11.1. The van der Waals surface area contributed by atoms with Crippen LogP contribution in [0.5, 0.6) is 0 Å². The van der Waals surface area contributed by atoms with Gasteiger partial charge in [0.2, 0.25) is 0 Å². The van der Waals surface area contributed by atoms with Gasteiger partial charge in [-0.1, -0.05) is 0 Å². The number of hydrogen-bond acceptors (Lipinski definition) is 4. The minimum absolute atomic E-state index is 2.01. The van der Waals surface area contributed by atoms with Gasteiger partial charge in [0, 0.05) is 0 Å². The van der Waals surface area contributed by atoms with Crippen LogP contribution < -0.4 is 0 Å². The molecule has 0 unspecified atom stereocenters. The summed E-state index contributed by atoms with van der Waals surface area (Å²) in [5.74, 6) is -31.0. The summed E-state index contributed by atoms with van der Waals surface area (Å²) in [6.45, 7) is -3.41. The molecule has 26 heavy (non-hydrogen) atoms. The summed E-state index contributed by atoms with van der Waals surface area (Å²) >= 11 is 0. The molecule has 18 heteroatoms. The molecular weight excluding hydrogens is 426 g/mol. The number of carbonyl (C=O) groups excluding carboxylic acids is 1. The van der Waals surface area contributed by atoms with E-state index < -0.39 is 48.6 Å². The Morgan fingerprint density at radius 3 is 1.50 bits per heavy atom. The van der Waals surface area contributed by atoms with E-state index in [2.05, 4.69) is 9.93 Å². The second-order valence-electron chi connectivity index (χ2n) is 4.10. The van der Waals surface area contributed by atoms with Gasteiger partial charge in [-0.05, 0) is 5.04 Å². The summed E-state index contributed by atoms with van der Waals surface area (Å²) in [5.41, 5.74) is 0. The molecular formula is C8H2F14O4. The van der Waals surface area contributed by atoms with Crippen LogP contribution in [0.25, 0.3) is 0 Å². The van der Waals surface area contributed by atoms with Gasteiger partial charge in [0.15, 0.2) is 6.67 Å². The molecule has 0 aliphatic heterocycles. The van der Waals surface area contributed by atoms with Crippen LogP contribution in [0.15, 0.2) is 0 Å². The molecule has 0 saturated carbocycles. The average molecular weight is 428 g/mol. The maximum absolute atomic E-state index is 12.6. The van der Waals surface area contributed by atoms with Gasteiger partial charge in [0.1, 0.15) is 0 Å².